The van der Waals surface area contributed by atoms with Crippen LogP contribution in [0.3, 0.4) is 0 Å². The molecule has 1 fully saturated rings. The lowest BCUT2D eigenvalue weighted by molar-refractivity contribution is 0.0977. The Morgan fingerprint density at radius 3 is 2.76 bits per heavy atom. The quantitative estimate of drug-likeness (QED) is 0.340. The van der Waals surface area contributed by atoms with Crippen LogP contribution in [-0.2, 0) is 23.8 Å². The van der Waals surface area contributed by atoms with E-state index in [0.717, 1.165) is 11.3 Å². The summed E-state index contributed by atoms with van der Waals surface area (Å²) in [6.07, 6.45) is 9.70. The van der Waals surface area contributed by atoms with Gasteiger partial charge in [0.2, 0.25) is 0 Å². The third kappa shape index (κ3) is 4.50. The van der Waals surface area contributed by atoms with E-state index in [-0.39, 0.29) is 35.6 Å². The number of ether oxygens (including phenoxy) is 1. The van der Waals surface area contributed by atoms with Crippen molar-refractivity contribution < 1.29 is 18.1 Å². The number of methoxy groups -OCH3 is 1. The number of imidazole rings is 1. The van der Waals surface area contributed by atoms with Gasteiger partial charge in [-0.25, -0.2) is 14.1 Å². The van der Waals surface area contributed by atoms with Crippen LogP contribution < -0.4 is 4.74 Å². The first-order chi connectivity index (χ1) is 16.4. The molecule has 1 aromatic carbocycles. The highest BCUT2D eigenvalue weighted by molar-refractivity contribution is 7.84. The molecule has 0 aliphatic heterocycles. The zero-order valence-electron chi connectivity index (χ0n) is 18.9. The Morgan fingerprint density at radius 1 is 1.21 bits per heavy atom. The van der Waals surface area contributed by atoms with Gasteiger partial charge in [0.1, 0.15) is 11.3 Å². The summed E-state index contributed by atoms with van der Waals surface area (Å²) in [5, 5.41) is 8.05. The van der Waals surface area contributed by atoms with Gasteiger partial charge in [-0.2, -0.15) is 0 Å². The van der Waals surface area contributed by atoms with Gasteiger partial charge < -0.3 is 9.14 Å². The average Bonchev–Trinajstić information content (AvgIpc) is 3.44. The summed E-state index contributed by atoms with van der Waals surface area (Å²) in [7, 11) is -0.0300. The molecule has 1 aliphatic carbocycles. The Bertz CT molecular complexity index is 1410. The standard InChI is InChI=1S/C24H24FN5O3S/c1-33-21-8-9-22(34(2)32)18(24(21)25)6-7-20(31)19-14-30(28-27-19)13-17-12-29-11-16(15-3-4-15)5-10-23(29)26-17/h5,8-12,14-15H,3-4,6-7,13H2,1-2H3. The summed E-state index contributed by atoms with van der Waals surface area (Å²) in [6, 6.07) is 7.15. The Labute approximate surface area is 198 Å². The van der Waals surface area contributed by atoms with Crippen LogP contribution in [0.5, 0.6) is 5.75 Å². The molecule has 0 radical (unpaired) electrons. The lowest BCUT2D eigenvalue weighted by Gasteiger charge is -2.11. The van der Waals surface area contributed by atoms with E-state index in [9.17, 15) is 13.4 Å². The first kappa shape index (κ1) is 22.4. The number of hydrogen-bond acceptors (Lipinski definition) is 6. The van der Waals surface area contributed by atoms with Crippen molar-refractivity contribution in [3.8, 4) is 5.75 Å². The van der Waals surface area contributed by atoms with E-state index < -0.39 is 16.6 Å². The van der Waals surface area contributed by atoms with Crippen molar-refractivity contribution in [3.05, 3.63) is 71.2 Å². The third-order valence-electron chi connectivity index (χ3n) is 6.02. The Kier molecular flexibility index (Phi) is 5.99. The number of Topliss-reactive ketones (excluding diaryl/α,β-unsaturated/α-hetero) is 1. The van der Waals surface area contributed by atoms with Crippen LogP contribution in [0.25, 0.3) is 5.65 Å². The number of nitrogens with zero attached hydrogens (tertiary/aromatic N) is 5. The molecule has 0 spiro atoms. The van der Waals surface area contributed by atoms with Crippen LogP contribution in [0.4, 0.5) is 4.39 Å². The number of pyridine rings is 1. The number of carbonyl (C=O) groups is 1. The topological polar surface area (TPSA) is 91.4 Å². The summed E-state index contributed by atoms with van der Waals surface area (Å²) in [6.45, 7) is 0.379. The van der Waals surface area contributed by atoms with Crippen molar-refractivity contribution in [3.63, 3.8) is 0 Å². The van der Waals surface area contributed by atoms with Gasteiger partial charge in [0, 0.05) is 35.5 Å². The van der Waals surface area contributed by atoms with Gasteiger partial charge in [-0.1, -0.05) is 11.3 Å². The molecule has 34 heavy (non-hydrogen) atoms. The van der Waals surface area contributed by atoms with Crippen molar-refractivity contribution in [2.24, 2.45) is 0 Å². The average molecular weight is 482 g/mol. The highest BCUT2D eigenvalue weighted by Gasteiger charge is 2.24. The molecule has 8 nitrogen and oxygen atoms in total. The predicted molar refractivity (Wildman–Crippen MR) is 124 cm³/mol. The molecule has 0 amide bonds. The maximum absolute atomic E-state index is 14.7. The van der Waals surface area contributed by atoms with Gasteiger partial charge in [0.05, 0.1) is 36.3 Å². The molecule has 0 saturated heterocycles. The summed E-state index contributed by atoms with van der Waals surface area (Å²) in [5.74, 6) is -0.147. The molecule has 3 heterocycles. The molecule has 176 valence electrons. The molecule has 1 unspecified atom stereocenters. The van der Waals surface area contributed by atoms with Crippen LogP contribution in [0.15, 0.2) is 47.8 Å². The minimum Gasteiger partial charge on any atom is -0.494 e. The van der Waals surface area contributed by atoms with Gasteiger partial charge in [0.25, 0.3) is 0 Å². The van der Waals surface area contributed by atoms with E-state index >= 15 is 0 Å². The van der Waals surface area contributed by atoms with Crippen LogP contribution in [-0.4, -0.2) is 47.7 Å². The zero-order valence-corrected chi connectivity index (χ0v) is 19.7. The number of fused-ring (bicyclic) bond motifs is 1. The molecule has 10 heteroatoms. The van der Waals surface area contributed by atoms with E-state index in [0.29, 0.717) is 17.4 Å². The summed E-state index contributed by atoms with van der Waals surface area (Å²) in [5.41, 5.74) is 3.41. The summed E-state index contributed by atoms with van der Waals surface area (Å²) >= 11 is 0. The van der Waals surface area contributed by atoms with E-state index in [4.69, 9.17) is 4.74 Å². The molecule has 3 aromatic heterocycles. The largest absolute Gasteiger partial charge is 0.494 e. The van der Waals surface area contributed by atoms with E-state index in [2.05, 4.69) is 27.6 Å². The first-order valence-corrected chi connectivity index (χ1v) is 12.6. The molecule has 0 bridgehead atoms. The van der Waals surface area contributed by atoms with E-state index in [1.807, 2.05) is 16.7 Å². The van der Waals surface area contributed by atoms with Crippen LogP contribution in [0, 0.1) is 5.82 Å². The smallest absolute Gasteiger partial charge is 0.185 e. The van der Waals surface area contributed by atoms with Crippen molar-refractivity contribution in [1.82, 2.24) is 24.4 Å². The molecular weight excluding hydrogens is 457 g/mol. The van der Waals surface area contributed by atoms with Gasteiger partial charge in [-0.15, -0.1) is 5.10 Å². The van der Waals surface area contributed by atoms with Crippen LogP contribution in [0.1, 0.15) is 52.5 Å². The van der Waals surface area contributed by atoms with Crippen molar-refractivity contribution in [2.45, 2.75) is 43.0 Å². The molecule has 5 rings (SSSR count). The maximum Gasteiger partial charge on any atom is 0.185 e. The van der Waals surface area contributed by atoms with Crippen molar-refractivity contribution in [2.75, 3.05) is 13.4 Å². The number of carbonyl (C=O) groups excluding carboxylic acids is 1. The van der Waals surface area contributed by atoms with Crippen LogP contribution in [0.2, 0.25) is 0 Å². The monoisotopic (exact) mass is 481 g/mol. The van der Waals surface area contributed by atoms with Crippen molar-refractivity contribution in [1.29, 1.82) is 0 Å². The fourth-order valence-electron chi connectivity index (χ4n) is 4.07. The zero-order chi connectivity index (χ0) is 23.8. The molecule has 1 aliphatic rings. The number of aromatic nitrogens is 5. The fraction of sp³-hybridized carbons (Fsp3) is 0.333. The maximum atomic E-state index is 14.7. The lowest BCUT2D eigenvalue weighted by Crippen LogP contribution is -2.07. The second kappa shape index (κ2) is 9.09. The lowest BCUT2D eigenvalue weighted by atomic mass is 10.1. The number of ketones is 1. The normalized spacial score (nSPS) is 14.4. The molecule has 1 atom stereocenters. The Hall–Kier alpha value is -3.40. The number of hydrogen-bond donors (Lipinski definition) is 0. The molecule has 4 aromatic rings. The highest BCUT2D eigenvalue weighted by atomic mass is 32.2. The fourth-order valence-corrected chi connectivity index (χ4v) is 4.87. The number of benzene rings is 1. The van der Waals surface area contributed by atoms with Gasteiger partial charge in [-0.3, -0.25) is 9.00 Å². The number of rotatable bonds is 9. The van der Waals surface area contributed by atoms with Crippen LogP contribution >= 0.6 is 0 Å². The predicted octanol–water partition coefficient (Wildman–Crippen LogP) is 3.55. The Balaban J connectivity index is 1.27. The van der Waals surface area contributed by atoms with Gasteiger partial charge in [-0.05, 0) is 48.9 Å². The second-order valence-electron chi connectivity index (χ2n) is 8.47. The van der Waals surface area contributed by atoms with Gasteiger partial charge >= 0.3 is 0 Å². The van der Waals surface area contributed by atoms with E-state index in [1.54, 1.807) is 16.9 Å². The number of halogens is 1. The van der Waals surface area contributed by atoms with Crippen molar-refractivity contribution >= 4 is 22.2 Å². The Morgan fingerprint density at radius 2 is 2.03 bits per heavy atom. The summed E-state index contributed by atoms with van der Waals surface area (Å²) < 4.78 is 35.4. The highest BCUT2D eigenvalue weighted by Crippen LogP contribution is 2.39. The first-order valence-electron chi connectivity index (χ1n) is 11.0. The van der Waals surface area contributed by atoms with E-state index in [1.165, 1.54) is 37.8 Å². The third-order valence-corrected chi connectivity index (χ3v) is 7.02. The summed E-state index contributed by atoms with van der Waals surface area (Å²) in [4.78, 5) is 17.7. The molecule has 0 N–H and O–H groups in total. The second-order valence-corrected chi connectivity index (χ2v) is 9.82. The molecular formula is C24H24FN5O3S. The van der Waals surface area contributed by atoms with Gasteiger partial charge in [0.15, 0.2) is 17.3 Å². The minimum atomic E-state index is -1.39. The molecule has 1 saturated carbocycles. The minimum absolute atomic E-state index is 0.00525. The SMILES string of the molecule is COc1ccc(S(C)=O)c(CCC(=O)c2cn(Cc3cn4cc(C5CC5)ccc4n3)nn2)c1F.